The molecular formula is C13H22N4O2. The largest absolute Gasteiger partial charge is 0.350 e. The zero-order valence-electron chi connectivity index (χ0n) is 12.0. The topological polar surface area (TPSA) is 101 Å². The maximum atomic E-state index is 12.1. The van der Waals surface area contributed by atoms with Crippen LogP contribution in [0.4, 0.5) is 0 Å². The summed E-state index contributed by atoms with van der Waals surface area (Å²) in [4.78, 5) is 23.8. The fourth-order valence-corrected chi connectivity index (χ4v) is 1.74. The summed E-state index contributed by atoms with van der Waals surface area (Å²) in [5.41, 5.74) is 6.55. The van der Waals surface area contributed by atoms with Gasteiger partial charge in [-0.2, -0.15) is 5.10 Å². The average Bonchev–Trinajstić information content (AvgIpc) is 2.40. The van der Waals surface area contributed by atoms with Crippen LogP contribution in [0, 0.1) is 13.8 Å². The highest BCUT2D eigenvalue weighted by molar-refractivity contribution is 5.95. The molecule has 0 aliphatic heterocycles. The minimum absolute atomic E-state index is 0.113. The molecule has 19 heavy (non-hydrogen) atoms. The van der Waals surface area contributed by atoms with E-state index < -0.39 is 17.0 Å². The fourth-order valence-electron chi connectivity index (χ4n) is 1.74. The average molecular weight is 266 g/mol. The van der Waals surface area contributed by atoms with Gasteiger partial charge in [-0.05, 0) is 32.3 Å². The second kappa shape index (κ2) is 5.97. The third-order valence-corrected chi connectivity index (χ3v) is 3.71. The molecule has 0 aromatic carbocycles. The molecule has 1 heterocycles. The summed E-state index contributed by atoms with van der Waals surface area (Å²) in [5.74, 6) is -0.402. The molecule has 0 saturated carbocycles. The number of carbonyl (C=O) groups is 1. The van der Waals surface area contributed by atoms with Gasteiger partial charge in [0.05, 0.1) is 5.69 Å². The predicted molar refractivity (Wildman–Crippen MR) is 74.2 cm³/mol. The van der Waals surface area contributed by atoms with Crippen LogP contribution in [0.3, 0.4) is 0 Å². The van der Waals surface area contributed by atoms with Crippen molar-refractivity contribution in [2.75, 3.05) is 6.54 Å². The van der Waals surface area contributed by atoms with Crippen molar-refractivity contribution < 1.29 is 4.79 Å². The molecule has 0 bridgehead atoms. The minimum atomic E-state index is -0.476. The van der Waals surface area contributed by atoms with Crippen LogP contribution in [0.1, 0.15) is 48.3 Å². The van der Waals surface area contributed by atoms with Crippen molar-refractivity contribution in [3.05, 3.63) is 27.2 Å². The molecule has 0 aliphatic carbocycles. The molecule has 106 valence electrons. The first-order chi connectivity index (χ1) is 8.84. The molecule has 0 spiro atoms. The lowest BCUT2D eigenvalue weighted by Crippen LogP contribution is -2.50. The van der Waals surface area contributed by atoms with Gasteiger partial charge >= 0.3 is 0 Å². The molecule has 0 atom stereocenters. The monoisotopic (exact) mass is 266 g/mol. The van der Waals surface area contributed by atoms with Crippen molar-refractivity contribution >= 4 is 5.91 Å². The summed E-state index contributed by atoms with van der Waals surface area (Å²) in [6.45, 7) is 7.75. The standard InChI is InChI=1S/C13H22N4O2/c1-5-13(14,6-2)7-15-11(18)10-8(3)9(4)16-17-12(10)19/h5-7,14H2,1-4H3,(H,15,18)(H,17,19). The Morgan fingerprint density at radius 1 is 1.37 bits per heavy atom. The fraction of sp³-hybridized carbons (Fsp3) is 0.615. The predicted octanol–water partition coefficient (Wildman–Crippen LogP) is 0.634. The van der Waals surface area contributed by atoms with Gasteiger partial charge in [0, 0.05) is 12.1 Å². The maximum Gasteiger partial charge on any atom is 0.277 e. The molecule has 0 saturated heterocycles. The number of aromatic amines is 1. The van der Waals surface area contributed by atoms with Crippen LogP contribution in [0.25, 0.3) is 0 Å². The van der Waals surface area contributed by atoms with Gasteiger partial charge in [-0.1, -0.05) is 13.8 Å². The van der Waals surface area contributed by atoms with Crippen LogP contribution in [-0.4, -0.2) is 28.2 Å². The number of nitrogens with two attached hydrogens (primary N) is 1. The number of nitrogens with one attached hydrogen (secondary N) is 2. The van der Waals surface area contributed by atoms with Crippen LogP contribution in [0.2, 0.25) is 0 Å². The molecule has 1 amide bonds. The van der Waals surface area contributed by atoms with Gasteiger partial charge < -0.3 is 11.1 Å². The maximum absolute atomic E-state index is 12.1. The Hall–Kier alpha value is -1.69. The first kappa shape index (κ1) is 15.4. The van der Waals surface area contributed by atoms with Crippen molar-refractivity contribution in [1.82, 2.24) is 15.5 Å². The first-order valence-electron chi connectivity index (χ1n) is 6.47. The van der Waals surface area contributed by atoms with Crippen LogP contribution >= 0.6 is 0 Å². The third kappa shape index (κ3) is 3.41. The Balaban J connectivity index is 2.92. The van der Waals surface area contributed by atoms with Crippen molar-refractivity contribution in [1.29, 1.82) is 0 Å². The van der Waals surface area contributed by atoms with Gasteiger partial charge in [0.15, 0.2) is 0 Å². The van der Waals surface area contributed by atoms with E-state index in [9.17, 15) is 9.59 Å². The van der Waals surface area contributed by atoms with E-state index in [2.05, 4.69) is 15.5 Å². The highest BCUT2D eigenvalue weighted by Crippen LogP contribution is 2.10. The summed E-state index contributed by atoms with van der Waals surface area (Å²) in [6.07, 6.45) is 1.52. The van der Waals surface area contributed by atoms with E-state index in [1.165, 1.54) is 0 Å². The second-order valence-corrected chi connectivity index (χ2v) is 4.89. The summed E-state index contributed by atoms with van der Waals surface area (Å²) < 4.78 is 0. The number of aromatic nitrogens is 2. The highest BCUT2D eigenvalue weighted by Gasteiger charge is 2.23. The number of carbonyl (C=O) groups excluding carboxylic acids is 1. The van der Waals surface area contributed by atoms with Gasteiger partial charge in [0.1, 0.15) is 5.56 Å². The Kier molecular flexibility index (Phi) is 4.83. The SMILES string of the molecule is CCC(N)(CC)CNC(=O)c1c(C)c(C)n[nH]c1=O. The van der Waals surface area contributed by atoms with E-state index in [0.717, 1.165) is 12.8 Å². The number of hydrogen-bond acceptors (Lipinski definition) is 4. The Labute approximate surface area is 112 Å². The first-order valence-corrected chi connectivity index (χ1v) is 6.47. The van der Waals surface area contributed by atoms with Crippen LogP contribution < -0.4 is 16.6 Å². The molecule has 0 aliphatic rings. The summed E-state index contributed by atoms with van der Waals surface area (Å²) in [7, 11) is 0. The highest BCUT2D eigenvalue weighted by atomic mass is 16.2. The van der Waals surface area contributed by atoms with E-state index in [1.807, 2.05) is 13.8 Å². The Morgan fingerprint density at radius 3 is 2.47 bits per heavy atom. The van der Waals surface area contributed by atoms with Crippen LogP contribution in [0.15, 0.2) is 4.79 Å². The van der Waals surface area contributed by atoms with Crippen molar-refractivity contribution in [3.8, 4) is 0 Å². The van der Waals surface area contributed by atoms with Gasteiger partial charge in [-0.15, -0.1) is 0 Å². The summed E-state index contributed by atoms with van der Waals surface area (Å²) >= 11 is 0. The van der Waals surface area contributed by atoms with Gasteiger partial charge in [0.2, 0.25) is 0 Å². The molecule has 6 nitrogen and oxygen atoms in total. The number of H-pyrrole nitrogens is 1. The molecule has 6 heteroatoms. The van der Waals surface area contributed by atoms with Crippen molar-refractivity contribution in [2.24, 2.45) is 5.73 Å². The summed E-state index contributed by atoms with van der Waals surface area (Å²) in [6, 6.07) is 0. The van der Waals surface area contributed by atoms with Gasteiger partial charge in [-0.25, -0.2) is 5.10 Å². The van der Waals surface area contributed by atoms with Crippen molar-refractivity contribution in [3.63, 3.8) is 0 Å². The lowest BCUT2D eigenvalue weighted by Gasteiger charge is -2.26. The molecule has 0 fully saturated rings. The number of hydrogen-bond donors (Lipinski definition) is 3. The minimum Gasteiger partial charge on any atom is -0.350 e. The number of aryl methyl sites for hydroxylation is 1. The van der Waals surface area contributed by atoms with Gasteiger partial charge in [0.25, 0.3) is 11.5 Å². The van der Waals surface area contributed by atoms with Crippen molar-refractivity contribution in [2.45, 2.75) is 46.1 Å². The molecule has 0 radical (unpaired) electrons. The smallest absolute Gasteiger partial charge is 0.277 e. The third-order valence-electron chi connectivity index (χ3n) is 3.71. The zero-order chi connectivity index (χ0) is 14.6. The quantitative estimate of drug-likeness (QED) is 0.727. The molecule has 1 aromatic heterocycles. The number of rotatable bonds is 5. The van der Waals surface area contributed by atoms with E-state index in [1.54, 1.807) is 13.8 Å². The Morgan fingerprint density at radius 2 is 1.95 bits per heavy atom. The molecule has 4 N–H and O–H groups in total. The van der Waals surface area contributed by atoms with E-state index >= 15 is 0 Å². The normalized spacial score (nSPS) is 11.4. The molecular weight excluding hydrogens is 244 g/mol. The lowest BCUT2D eigenvalue weighted by atomic mass is 9.94. The van der Waals surface area contributed by atoms with E-state index in [0.29, 0.717) is 17.8 Å². The lowest BCUT2D eigenvalue weighted by molar-refractivity contribution is 0.0939. The molecule has 1 aromatic rings. The van der Waals surface area contributed by atoms with Gasteiger partial charge in [-0.3, -0.25) is 9.59 Å². The van der Waals surface area contributed by atoms with Crippen LogP contribution in [-0.2, 0) is 0 Å². The Bertz CT molecular complexity index is 518. The number of nitrogens with zero attached hydrogens (tertiary/aromatic N) is 1. The van der Waals surface area contributed by atoms with E-state index in [-0.39, 0.29) is 5.56 Å². The molecule has 0 unspecified atom stereocenters. The molecule has 1 rings (SSSR count). The summed E-state index contributed by atoms with van der Waals surface area (Å²) in [5, 5.41) is 8.88. The second-order valence-electron chi connectivity index (χ2n) is 4.89. The van der Waals surface area contributed by atoms with E-state index in [4.69, 9.17) is 5.73 Å². The number of amides is 1. The van der Waals surface area contributed by atoms with Crippen LogP contribution in [0.5, 0.6) is 0 Å². The zero-order valence-corrected chi connectivity index (χ0v) is 12.0.